The number of carbonyl (C=O) groups excluding carboxylic acids is 3. The Hall–Kier alpha value is -4.14. The lowest BCUT2D eigenvalue weighted by molar-refractivity contribution is -0.119. The average Bonchev–Trinajstić information content (AvgIpc) is 3.30. The fraction of sp³-hybridized carbons (Fsp3) is 0.280. The fourth-order valence-corrected chi connectivity index (χ4v) is 4.38. The molecule has 9 nitrogen and oxygen atoms in total. The third-order valence-electron chi connectivity index (χ3n) is 6.09. The van der Waals surface area contributed by atoms with Crippen molar-refractivity contribution in [3.8, 4) is 11.4 Å². The van der Waals surface area contributed by atoms with Gasteiger partial charge < -0.3 is 20.3 Å². The quantitative estimate of drug-likeness (QED) is 0.625. The summed E-state index contributed by atoms with van der Waals surface area (Å²) >= 11 is 0. The summed E-state index contributed by atoms with van der Waals surface area (Å²) in [5.74, 6) is -1.32. The Labute approximate surface area is 202 Å². The van der Waals surface area contributed by atoms with Gasteiger partial charge in [0.15, 0.2) is 8.52 Å². The summed E-state index contributed by atoms with van der Waals surface area (Å²) in [6, 6.07) is 13.5. The van der Waals surface area contributed by atoms with E-state index < -0.39 is 24.1 Å². The van der Waals surface area contributed by atoms with Crippen LogP contribution in [0.15, 0.2) is 48.5 Å². The largest absolute Gasteiger partial charge is 0.497 e. The van der Waals surface area contributed by atoms with Gasteiger partial charge in [0, 0.05) is 39.1 Å². The van der Waals surface area contributed by atoms with E-state index in [4.69, 9.17) is 10.3 Å². The van der Waals surface area contributed by atoms with Gasteiger partial charge in [-0.05, 0) is 67.8 Å². The van der Waals surface area contributed by atoms with Crippen LogP contribution in [0.2, 0.25) is 2.82 Å². The molecule has 2 aliphatic rings. The van der Waals surface area contributed by atoms with Gasteiger partial charge in [-0.1, -0.05) is 0 Å². The van der Waals surface area contributed by atoms with Gasteiger partial charge >= 0.3 is 0 Å². The minimum atomic E-state index is -1.90. The summed E-state index contributed by atoms with van der Waals surface area (Å²) in [7, 11) is 1.53. The molecule has 2 N–H and O–H groups in total. The highest BCUT2D eigenvalue weighted by atomic mass is 16.5. The van der Waals surface area contributed by atoms with Crippen molar-refractivity contribution in [3.63, 3.8) is 0 Å². The number of anilines is 2. The number of amides is 3. The number of fused-ring (bicyclic) bond motifs is 1. The molecule has 3 aromatic rings. The van der Waals surface area contributed by atoms with Gasteiger partial charge in [0.25, 0.3) is 11.8 Å². The van der Waals surface area contributed by atoms with Crippen LogP contribution >= 0.6 is 0 Å². The van der Waals surface area contributed by atoms with Gasteiger partial charge in [0.1, 0.15) is 11.4 Å². The van der Waals surface area contributed by atoms with Crippen molar-refractivity contribution in [1.82, 2.24) is 9.78 Å². The van der Waals surface area contributed by atoms with Crippen LogP contribution in [0, 0.1) is 0 Å². The summed E-state index contributed by atoms with van der Waals surface area (Å²) in [5.41, 5.74) is 1.97. The molecule has 3 heterocycles. The third kappa shape index (κ3) is 3.68. The number of rotatable bonds is 5. The van der Waals surface area contributed by atoms with Crippen LogP contribution in [0.5, 0.6) is 5.75 Å². The first kappa shape index (κ1) is 17.4. The van der Waals surface area contributed by atoms with Crippen molar-refractivity contribution in [1.29, 1.82) is 0 Å². The number of piperidine rings is 1. The van der Waals surface area contributed by atoms with Crippen LogP contribution in [0.4, 0.5) is 11.4 Å². The number of nitrogens with two attached hydrogens (primary N) is 1. The number of carbonyl (C=O) groups is 3. The number of hydrogen-bond donors (Lipinski definition) is 1. The van der Waals surface area contributed by atoms with E-state index in [1.807, 2.05) is 0 Å². The molecule has 1 fully saturated rings. The second-order valence-corrected chi connectivity index (χ2v) is 8.05. The molecule has 0 radical (unpaired) electrons. The van der Waals surface area contributed by atoms with Gasteiger partial charge in [0.2, 0.25) is 5.91 Å². The van der Waals surface area contributed by atoms with Crippen LogP contribution in [0.3, 0.4) is 0 Å². The normalized spacial score (nSPS) is 19.0. The summed E-state index contributed by atoms with van der Waals surface area (Å²) in [6.45, 7) is 0.658. The molecule has 0 aliphatic carbocycles. The molecule has 2 aliphatic heterocycles. The van der Waals surface area contributed by atoms with Crippen molar-refractivity contribution in [3.05, 3.63) is 65.5 Å². The van der Waals surface area contributed by atoms with Gasteiger partial charge in [-0.3, -0.25) is 14.4 Å². The SMILES string of the molecule is [2H]N([2H])C(=O)c1nn(-c2ccc(OC)cc2)c2c1CCN(c1ccc(N3CCCC([2H])([2H])C3=O)cc1)C2=O. The van der Waals surface area contributed by atoms with Crippen molar-refractivity contribution < 1.29 is 24.7 Å². The highest BCUT2D eigenvalue weighted by Crippen LogP contribution is 2.31. The average molecular weight is 464 g/mol. The van der Waals surface area contributed by atoms with Gasteiger partial charge in [-0.2, -0.15) is 5.10 Å². The molecule has 0 bridgehead atoms. The molecule has 9 heteroatoms. The minimum Gasteiger partial charge on any atom is -0.497 e. The van der Waals surface area contributed by atoms with Crippen LogP contribution in [0.1, 0.15) is 48.5 Å². The van der Waals surface area contributed by atoms with Crippen LogP contribution in [-0.4, -0.2) is 47.7 Å². The van der Waals surface area contributed by atoms with Crippen LogP contribution in [0.25, 0.3) is 5.69 Å². The maximum absolute atomic E-state index is 13.8. The van der Waals surface area contributed by atoms with E-state index in [1.54, 1.807) is 53.4 Å². The molecule has 0 unspecified atom stereocenters. The van der Waals surface area contributed by atoms with Crippen molar-refractivity contribution in [2.45, 2.75) is 25.6 Å². The highest BCUT2D eigenvalue weighted by Gasteiger charge is 2.34. The Morgan fingerprint density at radius 2 is 1.68 bits per heavy atom. The van der Waals surface area contributed by atoms with Crippen molar-refractivity contribution >= 4 is 29.1 Å². The van der Waals surface area contributed by atoms with E-state index in [1.165, 1.54) is 16.7 Å². The number of primary amides is 1. The van der Waals surface area contributed by atoms with Gasteiger partial charge in [-0.25, -0.2) is 4.68 Å². The predicted octanol–water partition coefficient (Wildman–Crippen LogP) is 2.70. The smallest absolute Gasteiger partial charge is 0.277 e. The summed E-state index contributed by atoms with van der Waals surface area (Å²) in [5, 5.41) is 4.33. The lowest BCUT2D eigenvalue weighted by atomic mass is 10.0. The lowest BCUT2D eigenvalue weighted by Crippen LogP contribution is -2.39. The first-order valence-corrected chi connectivity index (χ1v) is 10.9. The van der Waals surface area contributed by atoms with E-state index in [9.17, 15) is 14.4 Å². The fourth-order valence-electron chi connectivity index (χ4n) is 4.38. The highest BCUT2D eigenvalue weighted by molar-refractivity contribution is 6.09. The number of methoxy groups -OCH3 is 1. The number of benzene rings is 2. The lowest BCUT2D eigenvalue weighted by Gasteiger charge is -2.29. The Balaban J connectivity index is 1.50. The first-order valence-electron chi connectivity index (χ1n) is 12.8. The molecule has 174 valence electrons. The van der Waals surface area contributed by atoms with Crippen LogP contribution < -0.4 is 20.3 Å². The zero-order chi connectivity index (χ0) is 27.2. The molecule has 1 aromatic heterocycles. The zero-order valence-corrected chi connectivity index (χ0v) is 18.5. The standard InChI is InChI=1S/C25H25N5O4/c1-34-19-11-9-18(10-12-19)30-23-20(22(27-30)24(26)32)13-15-29(25(23)33)17-7-5-16(6-8-17)28-14-3-2-4-21(28)31/h5-12H,2-4,13-15H2,1H3,(H2,26,32)/i4D2/hD2. The number of aromatic nitrogens is 2. The molecular formula is C25H25N5O4. The number of hydrogen-bond acceptors (Lipinski definition) is 5. The monoisotopic (exact) mass is 463 g/mol. The Bertz CT molecular complexity index is 1410. The van der Waals surface area contributed by atoms with E-state index in [0.717, 1.165) is 0 Å². The minimum absolute atomic E-state index is 0.0547. The number of nitrogens with zero attached hydrogens (tertiary/aromatic N) is 4. The molecule has 3 amide bonds. The molecule has 34 heavy (non-hydrogen) atoms. The van der Waals surface area contributed by atoms with Gasteiger partial charge in [-0.15, -0.1) is 0 Å². The maximum atomic E-state index is 13.8. The summed E-state index contributed by atoms with van der Waals surface area (Å²) in [4.78, 5) is 41.8. The summed E-state index contributed by atoms with van der Waals surface area (Å²) in [6.07, 6.45) is -0.883. The van der Waals surface area contributed by atoms with Crippen molar-refractivity contribution in [2.75, 3.05) is 30.0 Å². The second-order valence-electron chi connectivity index (χ2n) is 8.05. The third-order valence-corrected chi connectivity index (χ3v) is 6.09. The topological polar surface area (TPSA) is 111 Å². The summed E-state index contributed by atoms with van der Waals surface area (Å²) < 4.78 is 37.3. The van der Waals surface area contributed by atoms with Gasteiger partial charge in [0.05, 0.1) is 12.8 Å². The van der Waals surface area contributed by atoms with Crippen LogP contribution in [-0.2, 0) is 11.2 Å². The molecule has 0 atom stereocenters. The van der Waals surface area contributed by atoms with E-state index in [2.05, 4.69) is 5.10 Å². The Kier molecular flexibility index (Phi) is 4.42. The molecule has 0 saturated carbocycles. The predicted molar refractivity (Wildman–Crippen MR) is 127 cm³/mol. The molecular weight excluding hydrogens is 434 g/mol. The molecule has 5 rings (SSSR count). The Morgan fingerprint density at radius 3 is 2.35 bits per heavy atom. The van der Waals surface area contributed by atoms with E-state index in [-0.39, 0.29) is 36.5 Å². The maximum Gasteiger partial charge on any atom is 0.277 e. The van der Waals surface area contributed by atoms with E-state index in [0.29, 0.717) is 41.3 Å². The number of ether oxygens (including phenoxy) is 1. The van der Waals surface area contributed by atoms with E-state index >= 15 is 0 Å². The molecule has 1 saturated heterocycles. The second kappa shape index (κ2) is 8.66. The Morgan fingerprint density at radius 1 is 1.00 bits per heavy atom. The first-order chi connectivity index (χ1) is 18.1. The molecule has 0 spiro atoms. The van der Waals surface area contributed by atoms with Crippen molar-refractivity contribution in [2.24, 2.45) is 5.72 Å². The molecule has 2 aromatic carbocycles. The zero-order valence-electron chi connectivity index (χ0n) is 22.5.